The lowest BCUT2D eigenvalue weighted by Crippen LogP contribution is -2.32. The molecule has 2 N–H and O–H groups in total. The first-order valence-corrected chi connectivity index (χ1v) is 9.89. The molecule has 0 radical (unpaired) electrons. The molecule has 0 aliphatic rings. The molecular weight excluding hydrogens is 392 g/mol. The number of ether oxygens (including phenoxy) is 1. The molecule has 3 aromatic carbocycles. The van der Waals surface area contributed by atoms with Gasteiger partial charge in [0.15, 0.2) is 6.61 Å². The highest BCUT2D eigenvalue weighted by atomic mass is 16.5. The molecule has 0 saturated carbocycles. The minimum atomic E-state index is -0.691. The topological polar surface area (TPSA) is 84.5 Å². The van der Waals surface area contributed by atoms with Crippen molar-refractivity contribution in [1.82, 2.24) is 5.32 Å². The lowest BCUT2D eigenvalue weighted by molar-refractivity contribution is -0.146. The molecule has 6 nitrogen and oxygen atoms in total. The Kier molecular flexibility index (Phi) is 7.17. The molecule has 0 bridgehead atoms. The molecule has 3 aromatic rings. The van der Waals surface area contributed by atoms with Crippen LogP contribution in [-0.2, 0) is 14.3 Å². The summed E-state index contributed by atoms with van der Waals surface area (Å²) in [7, 11) is 0. The van der Waals surface area contributed by atoms with Crippen LogP contribution in [0.3, 0.4) is 0 Å². The van der Waals surface area contributed by atoms with E-state index in [9.17, 15) is 14.4 Å². The predicted octanol–water partition coefficient (Wildman–Crippen LogP) is 3.88. The maximum absolute atomic E-state index is 12.3. The van der Waals surface area contributed by atoms with Crippen molar-refractivity contribution in [3.05, 3.63) is 89.5 Å². The number of anilines is 1. The van der Waals surface area contributed by atoms with Crippen LogP contribution in [0.25, 0.3) is 11.1 Å². The van der Waals surface area contributed by atoms with Gasteiger partial charge in [0.25, 0.3) is 11.8 Å². The summed E-state index contributed by atoms with van der Waals surface area (Å²) in [6.07, 6.45) is 0. The highest BCUT2D eigenvalue weighted by Gasteiger charge is 2.13. The Bertz CT molecular complexity index is 1090. The van der Waals surface area contributed by atoms with Gasteiger partial charge in [0.05, 0.1) is 0 Å². The minimum absolute atomic E-state index is 0.320. The molecule has 0 aromatic heterocycles. The second-order valence-electron chi connectivity index (χ2n) is 7.10. The van der Waals surface area contributed by atoms with E-state index in [1.807, 2.05) is 68.4 Å². The van der Waals surface area contributed by atoms with Crippen LogP contribution in [0.5, 0.6) is 0 Å². The normalized spacial score (nSPS) is 10.3. The van der Waals surface area contributed by atoms with Crippen LogP contribution >= 0.6 is 0 Å². The van der Waals surface area contributed by atoms with E-state index in [1.165, 1.54) is 0 Å². The van der Waals surface area contributed by atoms with Crippen LogP contribution in [0, 0.1) is 13.8 Å². The average Bonchev–Trinajstić information content (AvgIpc) is 2.79. The molecule has 0 heterocycles. The number of nitrogens with one attached hydrogen (secondary N) is 2. The van der Waals surface area contributed by atoms with Crippen LogP contribution in [0.15, 0.2) is 72.8 Å². The van der Waals surface area contributed by atoms with Gasteiger partial charge in [-0.2, -0.15) is 0 Å². The number of esters is 1. The third kappa shape index (κ3) is 6.02. The van der Waals surface area contributed by atoms with Crippen molar-refractivity contribution in [3.8, 4) is 11.1 Å². The first-order chi connectivity index (χ1) is 14.9. The zero-order chi connectivity index (χ0) is 22.2. The molecule has 0 aliphatic carbocycles. The summed E-state index contributed by atoms with van der Waals surface area (Å²) in [6.45, 7) is 3.10. The van der Waals surface area contributed by atoms with Crippen molar-refractivity contribution < 1.29 is 19.1 Å². The first-order valence-electron chi connectivity index (χ1n) is 9.89. The van der Waals surface area contributed by atoms with Gasteiger partial charge in [-0.3, -0.25) is 14.4 Å². The standard InChI is InChI=1S/C25H24N2O4/c1-17-12-13-20(14-18(17)2)25(30)26-15-24(29)31-16-23(28)27-22-11-7-6-10-21(22)19-8-4-3-5-9-19/h3-14H,15-16H2,1-2H3,(H,26,30)(H,27,28). The lowest BCUT2D eigenvalue weighted by Gasteiger charge is -2.12. The van der Waals surface area contributed by atoms with E-state index in [0.717, 1.165) is 22.3 Å². The Labute approximate surface area is 181 Å². The molecule has 0 aliphatic heterocycles. The SMILES string of the molecule is Cc1ccc(C(=O)NCC(=O)OCC(=O)Nc2ccccc2-c2ccccc2)cc1C. The number of para-hydroxylation sites is 1. The Morgan fingerprint density at radius 1 is 0.839 bits per heavy atom. The third-order valence-corrected chi connectivity index (χ3v) is 4.81. The minimum Gasteiger partial charge on any atom is -0.454 e. The molecule has 0 atom stereocenters. The third-order valence-electron chi connectivity index (χ3n) is 4.81. The van der Waals surface area contributed by atoms with Crippen LogP contribution in [0.1, 0.15) is 21.5 Å². The van der Waals surface area contributed by atoms with Gasteiger partial charge in [-0.15, -0.1) is 0 Å². The molecule has 0 unspecified atom stereocenters. The average molecular weight is 416 g/mol. The van der Waals surface area contributed by atoms with Crippen molar-refractivity contribution in [2.45, 2.75) is 13.8 Å². The van der Waals surface area contributed by atoms with Crippen molar-refractivity contribution in [2.24, 2.45) is 0 Å². The molecule has 0 fully saturated rings. The van der Waals surface area contributed by atoms with Gasteiger partial charge < -0.3 is 15.4 Å². The smallest absolute Gasteiger partial charge is 0.325 e. The fourth-order valence-electron chi connectivity index (χ4n) is 2.98. The summed E-state index contributed by atoms with van der Waals surface area (Å²) >= 11 is 0. The highest BCUT2D eigenvalue weighted by Crippen LogP contribution is 2.27. The fourth-order valence-corrected chi connectivity index (χ4v) is 2.98. The molecule has 158 valence electrons. The fraction of sp³-hybridized carbons (Fsp3) is 0.160. The Hall–Kier alpha value is -3.93. The maximum atomic E-state index is 12.3. The van der Waals surface area contributed by atoms with Crippen molar-refractivity contribution in [1.29, 1.82) is 0 Å². The molecule has 6 heteroatoms. The second-order valence-corrected chi connectivity index (χ2v) is 7.10. The summed E-state index contributed by atoms with van der Waals surface area (Å²) in [6, 6.07) is 22.3. The number of rotatable bonds is 7. The molecule has 2 amide bonds. The number of benzene rings is 3. The van der Waals surface area contributed by atoms with E-state index in [4.69, 9.17) is 4.74 Å². The predicted molar refractivity (Wildman–Crippen MR) is 120 cm³/mol. The molecule has 0 saturated heterocycles. The molecular formula is C25H24N2O4. The monoisotopic (exact) mass is 416 g/mol. The largest absolute Gasteiger partial charge is 0.454 e. The second kappa shape index (κ2) is 10.2. The first kappa shape index (κ1) is 21.8. The van der Waals surface area contributed by atoms with Crippen molar-refractivity contribution >= 4 is 23.5 Å². The summed E-state index contributed by atoms with van der Waals surface area (Å²) in [4.78, 5) is 36.3. The highest BCUT2D eigenvalue weighted by molar-refractivity contribution is 5.98. The van der Waals surface area contributed by atoms with E-state index in [0.29, 0.717) is 11.3 Å². The Balaban J connectivity index is 1.49. The van der Waals surface area contributed by atoms with Gasteiger partial charge in [0, 0.05) is 16.8 Å². The van der Waals surface area contributed by atoms with E-state index < -0.39 is 18.5 Å². The molecule has 31 heavy (non-hydrogen) atoms. The number of hydrogen-bond acceptors (Lipinski definition) is 4. The van der Waals surface area contributed by atoms with Gasteiger partial charge in [-0.25, -0.2) is 0 Å². The van der Waals surface area contributed by atoms with Gasteiger partial charge in [0.2, 0.25) is 0 Å². The lowest BCUT2D eigenvalue weighted by atomic mass is 10.0. The summed E-state index contributed by atoms with van der Waals surface area (Å²) in [5, 5.41) is 5.27. The molecule has 3 rings (SSSR count). The number of carbonyl (C=O) groups excluding carboxylic acids is 3. The van der Waals surface area contributed by atoms with E-state index in [2.05, 4.69) is 10.6 Å². The van der Waals surface area contributed by atoms with Crippen LogP contribution in [-0.4, -0.2) is 30.9 Å². The zero-order valence-corrected chi connectivity index (χ0v) is 17.5. The van der Waals surface area contributed by atoms with Crippen molar-refractivity contribution in [3.63, 3.8) is 0 Å². The summed E-state index contributed by atoms with van der Waals surface area (Å²) in [5.74, 6) is -1.53. The van der Waals surface area contributed by atoms with Crippen LogP contribution in [0.2, 0.25) is 0 Å². The van der Waals surface area contributed by atoms with E-state index in [1.54, 1.807) is 18.2 Å². The van der Waals surface area contributed by atoms with Crippen molar-refractivity contribution in [2.75, 3.05) is 18.5 Å². The van der Waals surface area contributed by atoms with Crippen LogP contribution in [0.4, 0.5) is 5.69 Å². The number of carbonyl (C=O) groups is 3. The van der Waals surface area contributed by atoms with E-state index >= 15 is 0 Å². The molecule has 0 spiro atoms. The van der Waals surface area contributed by atoms with Gasteiger partial charge in [-0.05, 0) is 48.7 Å². The zero-order valence-electron chi connectivity index (χ0n) is 17.5. The Morgan fingerprint density at radius 3 is 2.29 bits per heavy atom. The summed E-state index contributed by atoms with van der Waals surface area (Å²) in [5.41, 5.74) is 4.98. The summed E-state index contributed by atoms with van der Waals surface area (Å²) < 4.78 is 4.99. The number of amides is 2. The van der Waals surface area contributed by atoms with Gasteiger partial charge in [-0.1, -0.05) is 54.6 Å². The number of hydrogen-bond donors (Lipinski definition) is 2. The van der Waals surface area contributed by atoms with Crippen LogP contribution < -0.4 is 10.6 Å². The van der Waals surface area contributed by atoms with Gasteiger partial charge in [0.1, 0.15) is 6.54 Å². The maximum Gasteiger partial charge on any atom is 0.325 e. The van der Waals surface area contributed by atoms with Gasteiger partial charge >= 0.3 is 5.97 Å². The quantitative estimate of drug-likeness (QED) is 0.573. The van der Waals surface area contributed by atoms with E-state index in [-0.39, 0.29) is 12.5 Å². The Morgan fingerprint density at radius 2 is 1.55 bits per heavy atom. The number of aryl methyl sites for hydroxylation is 2.